The van der Waals surface area contributed by atoms with Crippen LogP contribution in [0.3, 0.4) is 0 Å². The summed E-state index contributed by atoms with van der Waals surface area (Å²) < 4.78 is 0.849. The van der Waals surface area contributed by atoms with E-state index < -0.39 is 0 Å². The molecular formula is C13H17BrN2O2. The van der Waals surface area contributed by atoms with Crippen LogP contribution in [0.4, 0.5) is 0 Å². The van der Waals surface area contributed by atoms with Crippen molar-refractivity contribution in [2.45, 2.75) is 13.8 Å². The molecule has 0 saturated carbocycles. The number of hydrogen-bond acceptors (Lipinski definition) is 2. The van der Waals surface area contributed by atoms with Gasteiger partial charge >= 0.3 is 0 Å². The van der Waals surface area contributed by atoms with Crippen LogP contribution in [-0.2, 0) is 4.79 Å². The van der Waals surface area contributed by atoms with E-state index in [1.54, 1.807) is 18.2 Å². The molecule has 1 rings (SSSR count). The summed E-state index contributed by atoms with van der Waals surface area (Å²) in [5.41, 5.74) is 0.579. The maximum Gasteiger partial charge on any atom is 0.254 e. The summed E-state index contributed by atoms with van der Waals surface area (Å²) in [6.07, 6.45) is 0. The highest BCUT2D eigenvalue weighted by Gasteiger charge is 2.16. The Kier molecular flexibility index (Phi) is 5.85. The Labute approximate surface area is 115 Å². The molecular weight excluding hydrogens is 296 g/mol. The Bertz CT molecular complexity index is 435. The van der Waals surface area contributed by atoms with E-state index in [0.29, 0.717) is 18.7 Å². The Hall–Kier alpha value is -1.36. The Morgan fingerprint density at radius 3 is 2.61 bits per heavy atom. The molecule has 4 nitrogen and oxygen atoms in total. The molecule has 0 aliphatic rings. The van der Waals surface area contributed by atoms with Crippen LogP contribution in [0.15, 0.2) is 28.7 Å². The van der Waals surface area contributed by atoms with Gasteiger partial charge in [-0.15, -0.1) is 0 Å². The van der Waals surface area contributed by atoms with Gasteiger partial charge in [0.15, 0.2) is 0 Å². The van der Waals surface area contributed by atoms with Crippen molar-refractivity contribution in [2.24, 2.45) is 0 Å². The van der Waals surface area contributed by atoms with Gasteiger partial charge in [-0.05, 0) is 32.0 Å². The number of likely N-dealkylation sites (N-methyl/N-ethyl adjacent to an activating group) is 2. The zero-order valence-electron chi connectivity index (χ0n) is 10.6. The average molecular weight is 313 g/mol. The monoisotopic (exact) mass is 312 g/mol. The molecule has 0 unspecified atom stereocenters. The van der Waals surface area contributed by atoms with E-state index in [9.17, 15) is 9.59 Å². The summed E-state index contributed by atoms with van der Waals surface area (Å²) in [5, 5.41) is 2.69. The van der Waals surface area contributed by atoms with Crippen LogP contribution in [0.5, 0.6) is 0 Å². The molecule has 0 aromatic heterocycles. The number of rotatable bonds is 5. The lowest BCUT2D eigenvalue weighted by atomic mass is 10.2. The van der Waals surface area contributed by atoms with E-state index >= 15 is 0 Å². The number of amides is 2. The van der Waals surface area contributed by atoms with Crippen molar-refractivity contribution in [1.82, 2.24) is 10.2 Å². The summed E-state index contributed by atoms with van der Waals surface area (Å²) in [4.78, 5) is 25.2. The van der Waals surface area contributed by atoms with Crippen molar-refractivity contribution in [2.75, 3.05) is 19.6 Å². The van der Waals surface area contributed by atoms with Gasteiger partial charge in [0.05, 0.1) is 6.54 Å². The van der Waals surface area contributed by atoms with Gasteiger partial charge in [0.25, 0.3) is 5.91 Å². The molecule has 0 aliphatic heterocycles. The number of benzene rings is 1. The van der Waals surface area contributed by atoms with Gasteiger partial charge in [0, 0.05) is 23.1 Å². The summed E-state index contributed by atoms with van der Waals surface area (Å²) in [7, 11) is 0. The second-order valence-electron chi connectivity index (χ2n) is 3.78. The fraction of sp³-hybridized carbons (Fsp3) is 0.385. The molecule has 18 heavy (non-hydrogen) atoms. The number of carbonyl (C=O) groups excluding carboxylic acids is 2. The first-order chi connectivity index (χ1) is 8.58. The normalized spacial score (nSPS) is 9.94. The third-order valence-corrected chi connectivity index (χ3v) is 2.94. The van der Waals surface area contributed by atoms with Crippen molar-refractivity contribution in [3.05, 3.63) is 34.3 Å². The summed E-state index contributed by atoms with van der Waals surface area (Å²) in [6.45, 7) is 4.87. The van der Waals surface area contributed by atoms with Gasteiger partial charge in [0.2, 0.25) is 5.91 Å². The van der Waals surface area contributed by atoms with Crippen LogP contribution in [0, 0.1) is 0 Å². The maximum absolute atomic E-state index is 12.2. The molecule has 0 spiro atoms. The Morgan fingerprint density at radius 1 is 1.33 bits per heavy atom. The van der Waals surface area contributed by atoms with Gasteiger partial charge in [-0.25, -0.2) is 0 Å². The number of hydrogen-bond donors (Lipinski definition) is 1. The third kappa shape index (κ3) is 4.14. The lowest BCUT2D eigenvalue weighted by Gasteiger charge is -2.20. The molecule has 0 bridgehead atoms. The van der Waals surface area contributed by atoms with Gasteiger partial charge in [-0.1, -0.05) is 22.0 Å². The van der Waals surface area contributed by atoms with Gasteiger partial charge in [-0.2, -0.15) is 0 Å². The quantitative estimate of drug-likeness (QED) is 0.904. The van der Waals surface area contributed by atoms with Crippen LogP contribution in [0.1, 0.15) is 24.2 Å². The van der Waals surface area contributed by atoms with Gasteiger partial charge < -0.3 is 10.2 Å². The van der Waals surface area contributed by atoms with Crippen molar-refractivity contribution < 1.29 is 9.59 Å². The first-order valence-corrected chi connectivity index (χ1v) is 6.69. The number of nitrogens with zero attached hydrogens (tertiary/aromatic N) is 1. The van der Waals surface area contributed by atoms with Crippen molar-refractivity contribution >= 4 is 27.7 Å². The molecule has 0 radical (unpaired) electrons. The highest BCUT2D eigenvalue weighted by Crippen LogP contribution is 2.13. The lowest BCUT2D eigenvalue weighted by Crippen LogP contribution is -2.40. The molecule has 1 aromatic rings. The minimum absolute atomic E-state index is 0.0929. The molecule has 0 heterocycles. The largest absolute Gasteiger partial charge is 0.355 e. The van der Waals surface area contributed by atoms with E-state index in [4.69, 9.17) is 0 Å². The predicted molar refractivity (Wildman–Crippen MR) is 74.4 cm³/mol. The van der Waals surface area contributed by atoms with Crippen molar-refractivity contribution in [1.29, 1.82) is 0 Å². The Morgan fingerprint density at radius 2 is 2.06 bits per heavy atom. The second-order valence-corrected chi connectivity index (χ2v) is 4.70. The van der Waals surface area contributed by atoms with Crippen LogP contribution < -0.4 is 5.32 Å². The van der Waals surface area contributed by atoms with Gasteiger partial charge in [0.1, 0.15) is 0 Å². The minimum atomic E-state index is -0.136. The number of carbonyl (C=O) groups is 2. The predicted octanol–water partition coefficient (Wildman–Crippen LogP) is 2.05. The van der Waals surface area contributed by atoms with E-state index in [0.717, 1.165) is 4.47 Å². The van der Waals surface area contributed by atoms with Crippen LogP contribution in [0.25, 0.3) is 0 Å². The van der Waals surface area contributed by atoms with E-state index in [2.05, 4.69) is 21.2 Å². The highest BCUT2D eigenvalue weighted by atomic mass is 79.9. The van der Waals surface area contributed by atoms with Gasteiger partial charge in [-0.3, -0.25) is 9.59 Å². The maximum atomic E-state index is 12.2. The molecule has 5 heteroatoms. The van der Waals surface area contributed by atoms with E-state index in [1.165, 1.54) is 4.90 Å². The van der Waals surface area contributed by atoms with E-state index in [1.807, 2.05) is 19.9 Å². The first-order valence-electron chi connectivity index (χ1n) is 5.90. The molecule has 0 atom stereocenters. The standard InChI is InChI=1S/C13H17BrN2O2/c1-3-15-12(17)9-16(4-2)13(18)10-6-5-7-11(14)8-10/h5-8H,3-4,9H2,1-2H3,(H,15,17). The second kappa shape index (κ2) is 7.16. The molecule has 1 aromatic carbocycles. The minimum Gasteiger partial charge on any atom is -0.355 e. The highest BCUT2D eigenvalue weighted by molar-refractivity contribution is 9.10. The topological polar surface area (TPSA) is 49.4 Å². The fourth-order valence-electron chi connectivity index (χ4n) is 1.56. The summed E-state index contributed by atoms with van der Waals surface area (Å²) in [6, 6.07) is 7.16. The first kappa shape index (κ1) is 14.7. The van der Waals surface area contributed by atoms with Crippen LogP contribution >= 0.6 is 15.9 Å². The molecule has 2 amide bonds. The van der Waals surface area contributed by atoms with E-state index in [-0.39, 0.29) is 18.4 Å². The molecule has 98 valence electrons. The van der Waals surface area contributed by atoms with Crippen LogP contribution in [0.2, 0.25) is 0 Å². The fourth-order valence-corrected chi connectivity index (χ4v) is 1.96. The summed E-state index contributed by atoms with van der Waals surface area (Å²) in [5.74, 6) is -0.271. The molecule has 0 fully saturated rings. The zero-order chi connectivity index (χ0) is 13.5. The Balaban J connectivity index is 2.76. The average Bonchev–Trinajstić information content (AvgIpc) is 2.35. The zero-order valence-corrected chi connectivity index (χ0v) is 12.2. The molecule has 0 aliphatic carbocycles. The smallest absolute Gasteiger partial charge is 0.254 e. The lowest BCUT2D eigenvalue weighted by molar-refractivity contribution is -0.121. The van der Waals surface area contributed by atoms with Crippen LogP contribution in [-0.4, -0.2) is 36.3 Å². The van der Waals surface area contributed by atoms with Crippen molar-refractivity contribution in [3.63, 3.8) is 0 Å². The van der Waals surface area contributed by atoms with Crippen molar-refractivity contribution in [3.8, 4) is 0 Å². The third-order valence-electron chi connectivity index (χ3n) is 2.45. The summed E-state index contributed by atoms with van der Waals surface area (Å²) >= 11 is 3.33. The number of halogens is 1. The SMILES string of the molecule is CCNC(=O)CN(CC)C(=O)c1cccc(Br)c1. The number of nitrogens with one attached hydrogen (secondary N) is 1. The molecule has 0 saturated heterocycles. The molecule has 1 N–H and O–H groups in total.